The van der Waals surface area contributed by atoms with Crippen LogP contribution in [0.4, 0.5) is 0 Å². The predicted octanol–water partition coefficient (Wildman–Crippen LogP) is 2.49. The van der Waals surface area contributed by atoms with Gasteiger partial charge in [-0.25, -0.2) is 0 Å². The van der Waals surface area contributed by atoms with Crippen molar-refractivity contribution in [2.75, 3.05) is 13.7 Å². The van der Waals surface area contributed by atoms with Crippen molar-refractivity contribution in [2.24, 2.45) is 5.73 Å². The monoisotopic (exact) mass is 282 g/mol. The molecule has 0 saturated heterocycles. The standard InChI is InChI=1S/C14H22N2O2S/c1-3-16(11-6-4-10(15)5-7-11)14(17)13-8-12(18-2)9-19-13/h8-11H,3-7,15H2,1-2H3. The minimum atomic E-state index is 0.122. The zero-order valence-electron chi connectivity index (χ0n) is 11.6. The lowest BCUT2D eigenvalue weighted by Gasteiger charge is -2.35. The Morgan fingerprint density at radius 1 is 1.47 bits per heavy atom. The Morgan fingerprint density at radius 3 is 2.68 bits per heavy atom. The Balaban J connectivity index is 2.06. The molecule has 19 heavy (non-hydrogen) atoms. The van der Waals surface area contributed by atoms with Crippen LogP contribution in [0.2, 0.25) is 0 Å². The largest absolute Gasteiger partial charge is 0.496 e. The summed E-state index contributed by atoms with van der Waals surface area (Å²) in [5, 5.41) is 1.87. The van der Waals surface area contributed by atoms with E-state index in [0.717, 1.165) is 42.9 Å². The second kappa shape index (κ2) is 6.39. The van der Waals surface area contributed by atoms with E-state index in [4.69, 9.17) is 10.5 Å². The highest BCUT2D eigenvalue weighted by atomic mass is 32.1. The first-order valence-electron chi connectivity index (χ1n) is 6.84. The summed E-state index contributed by atoms with van der Waals surface area (Å²) in [5.74, 6) is 0.881. The SMILES string of the molecule is CCN(C(=O)c1cc(OC)cs1)C1CCC(N)CC1. The zero-order chi connectivity index (χ0) is 13.8. The molecule has 2 rings (SSSR count). The number of nitrogens with two attached hydrogens (primary N) is 1. The van der Waals surface area contributed by atoms with Gasteiger partial charge in [0.15, 0.2) is 0 Å². The average molecular weight is 282 g/mol. The van der Waals surface area contributed by atoms with Crippen molar-refractivity contribution < 1.29 is 9.53 Å². The molecule has 1 amide bonds. The van der Waals surface area contributed by atoms with E-state index < -0.39 is 0 Å². The van der Waals surface area contributed by atoms with Crippen molar-refractivity contribution in [3.05, 3.63) is 16.3 Å². The van der Waals surface area contributed by atoms with Gasteiger partial charge < -0.3 is 15.4 Å². The molecule has 1 aromatic heterocycles. The Labute approximate surface area is 118 Å². The summed E-state index contributed by atoms with van der Waals surface area (Å²) >= 11 is 1.45. The summed E-state index contributed by atoms with van der Waals surface area (Å²) in [6, 6.07) is 2.47. The number of carbonyl (C=O) groups excluding carboxylic acids is 1. The van der Waals surface area contributed by atoms with Crippen LogP contribution in [0.1, 0.15) is 42.3 Å². The van der Waals surface area contributed by atoms with E-state index in [1.54, 1.807) is 7.11 Å². The maximum absolute atomic E-state index is 12.5. The molecule has 0 radical (unpaired) electrons. The lowest BCUT2D eigenvalue weighted by atomic mass is 9.90. The second-order valence-corrected chi connectivity index (χ2v) is 5.92. The molecule has 4 nitrogen and oxygen atoms in total. The number of methoxy groups -OCH3 is 1. The van der Waals surface area contributed by atoms with E-state index in [0.29, 0.717) is 12.1 Å². The van der Waals surface area contributed by atoms with Crippen molar-refractivity contribution in [2.45, 2.75) is 44.7 Å². The molecule has 106 valence electrons. The van der Waals surface area contributed by atoms with Gasteiger partial charge in [-0.3, -0.25) is 4.79 Å². The molecular formula is C14H22N2O2S. The molecule has 1 aliphatic rings. The smallest absolute Gasteiger partial charge is 0.264 e. The highest BCUT2D eigenvalue weighted by Gasteiger charge is 2.28. The molecule has 1 aromatic rings. The van der Waals surface area contributed by atoms with Crippen molar-refractivity contribution in [1.82, 2.24) is 4.90 Å². The molecule has 0 aromatic carbocycles. The van der Waals surface area contributed by atoms with Crippen molar-refractivity contribution in [3.8, 4) is 5.75 Å². The van der Waals surface area contributed by atoms with Crippen LogP contribution in [-0.4, -0.2) is 36.5 Å². The summed E-state index contributed by atoms with van der Waals surface area (Å²) in [6.07, 6.45) is 4.07. The van der Waals surface area contributed by atoms with Crippen LogP contribution in [0.5, 0.6) is 5.75 Å². The van der Waals surface area contributed by atoms with E-state index >= 15 is 0 Å². The summed E-state index contributed by atoms with van der Waals surface area (Å²) in [7, 11) is 1.62. The van der Waals surface area contributed by atoms with Gasteiger partial charge in [0.05, 0.1) is 12.0 Å². The highest BCUT2D eigenvalue weighted by Crippen LogP contribution is 2.27. The van der Waals surface area contributed by atoms with Crippen LogP contribution in [0.25, 0.3) is 0 Å². The van der Waals surface area contributed by atoms with E-state index in [1.807, 2.05) is 23.3 Å². The molecule has 0 atom stereocenters. The number of hydrogen-bond acceptors (Lipinski definition) is 4. The summed E-state index contributed by atoms with van der Waals surface area (Å²) in [5.41, 5.74) is 5.93. The van der Waals surface area contributed by atoms with Crippen LogP contribution in [0, 0.1) is 0 Å². The summed E-state index contributed by atoms with van der Waals surface area (Å²) in [6.45, 7) is 2.79. The number of amides is 1. The summed E-state index contributed by atoms with van der Waals surface area (Å²) < 4.78 is 5.14. The number of carbonyl (C=O) groups is 1. The molecule has 0 spiro atoms. The third-order valence-electron chi connectivity index (χ3n) is 3.81. The maximum Gasteiger partial charge on any atom is 0.264 e. The molecule has 0 bridgehead atoms. The van der Waals surface area contributed by atoms with Gasteiger partial charge >= 0.3 is 0 Å². The van der Waals surface area contributed by atoms with Crippen molar-refractivity contribution in [1.29, 1.82) is 0 Å². The maximum atomic E-state index is 12.5. The normalized spacial score (nSPS) is 23.1. The van der Waals surface area contributed by atoms with Gasteiger partial charge in [0.2, 0.25) is 0 Å². The van der Waals surface area contributed by atoms with Crippen LogP contribution in [0.3, 0.4) is 0 Å². The van der Waals surface area contributed by atoms with Gasteiger partial charge in [-0.2, -0.15) is 0 Å². The first kappa shape index (κ1) is 14.3. The molecule has 0 unspecified atom stereocenters. The summed E-state index contributed by atoms with van der Waals surface area (Å²) in [4.78, 5) is 15.3. The van der Waals surface area contributed by atoms with Crippen molar-refractivity contribution >= 4 is 17.2 Å². The molecule has 1 saturated carbocycles. The lowest BCUT2D eigenvalue weighted by molar-refractivity contribution is 0.0645. The fourth-order valence-electron chi connectivity index (χ4n) is 2.66. The number of hydrogen-bond donors (Lipinski definition) is 1. The van der Waals surface area contributed by atoms with Crippen LogP contribution in [-0.2, 0) is 0 Å². The van der Waals surface area contributed by atoms with E-state index in [-0.39, 0.29) is 5.91 Å². The Kier molecular flexibility index (Phi) is 4.82. The van der Waals surface area contributed by atoms with Gasteiger partial charge in [0.25, 0.3) is 5.91 Å². The molecule has 0 aliphatic heterocycles. The van der Waals surface area contributed by atoms with Gasteiger partial charge in [-0.15, -0.1) is 11.3 Å². The first-order valence-corrected chi connectivity index (χ1v) is 7.72. The number of nitrogens with zero attached hydrogens (tertiary/aromatic N) is 1. The van der Waals surface area contributed by atoms with Crippen LogP contribution in [0.15, 0.2) is 11.4 Å². The third-order valence-corrected chi connectivity index (χ3v) is 4.70. The van der Waals surface area contributed by atoms with E-state index in [9.17, 15) is 4.79 Å². The van der Waals surface area contributed by atoms with Gasteiger partial charge in [-0.1, -0.05) is 0 Å². The first-order chi connectivity index (χ1) is 9.15. The lowest BCUT2D eigenvalue weighted by Crippen LogP contribution is -2.43. The number of rotatable bonds is 4. The zero-order valence-corrected chi connectivity index (χ0v) is 12.4. The second-order valence-electron chi connectivity index (χ2n) is 5.01. The third kappa shape index (κ3) is 3.28. The van der Waals surface area contributed by atoms with E-state index in [2.05, 4.69) is 0 Å². The molecule has 1 fully saturated rings. The Bertz CT molecular complexity index is 425. The molecule has 2 N–H and O–H groups in total. The van der Waals surface area contributed by atoms with Crippen molar-refractivity contribution in [3.63, 3.8) is 0 Å². The number of ether oxygens (including phenoxy) is 1. The van der Waals surface area contributed by atoms with Crippen LogP contribution >= 0.6 is 11.3 Å². The van der Waals surface area contributed by atoms with Gasteiger partial charge in [-0.05, 0) is 32.6 Å². The van der Waals surface area contributed by atoms with Gasteiger partial charge in [0.1, 0.15) is 5.75 Å². The predicted molar refractivity (Wildman–Crippen MR) is 77.8 cm³/mol. The quantitative estimate of drug-likeness (QED) is 0.923. The van der Waals surface area contributed by atoms with Crippen LogP contribution < -0.4 is 10.5 Å². The molecule has 1 heterocycles. The minimum Gasteiger partial charge on any atom is -0.496 e. The number of thiophene rings is 1. The highest BCUT2D eigenvalue weighted by molar-refractivity contribution is 7.12. The minimum absolute atomic E-state index is 0.122. The Hall–Kier alpha value is -1.07. The average Bonchev–Trinajstić information content (AvgIpc) is 2.90. The topological polar surface area (TPSA) is 55.6 Å². The molecule has 1 aliphatic carbocycles. The molecule has 5 heteroatoms. The fraction of sp³-hybridized carbons (Fsp3) is 0.643. The fourth-order valence-corrected chi connectivity index (χ4v) is 3.47. The van der Waals surface area contributed by atoms with E-state index in [1.165, 1.54) is 11.3 Å². The molecular weight excluding hydrogens is 260 g/mol. The van der Waals surface area contributed by atoms with Gasteiger partial charge in [0, 0.05) is 30.1 Å². The Morgan fingerprint density at radius 2 is 2.16 bits per heavy atom.